The lowest BCUT2D eigenvalue weighted by Crippen LogP contribution is -2.46. The van der Waals surface area contributed by atoms with Crippen molar-refractivity contribution in [1.29, 1.82) is 0 Å². The van der Waals surface area contributed by atoms with Gasteiger partial charge in [0.2, 0.25) is 15.9 Å². The first-order valence-corrected chi connectivity index (χ1v) is 10.5. The summed E-state index contributed by atoms with van der Waals surface area (Å²) in [5.41, 5.74) is 0. The molecule has 1 aromatic rings. The highest BCUT2D eigenvalue weighted by atomic mass is 32.2. The van der Waals surface area contributed by atoms with Crippen LogP contribution < -0.4 is 14.8 Å². The van der Waals surface area contributed by atoms with Crippen molar-refractivity contribution in [2.45, 2.75) is 37.1 Å². The topological polar surface area (TPSA) is 94.2 Å². The van der Waals surface area contributed by atoms with Gasteiger partial charge in [-0.15, -0.1) is 0 Å². The maximum absolute atomic E-state index is 13.1. The van der Waals surface area contributed by atoms with E-state index in [2.05, 4.69) is 5.32 Å². The smallest absolute Gasteiger partial charge is 0.243 e. The Balaban J connectivity index is 2.11. The summed E-state index contributed by atoms with van der Waals surface area (Å²) in [6.45, 7) is 3.88. The molecule has 9 heteroatoms. The summed E-state index contributed by atoms with van der Waals surface area (Å²) >= 11 is 0. The van der Waals surface area contributed by atoms with Crippen molar-refractivity contribution in [3.05, 3.63) is 18.2 Å². The number of ether oxygens (including phenoxy) is 3. The molecule has 1 N–H and O–H groups in total. The van der Waals surface area contributed by atoms with E-state index < -0.39 is 16.1 Å². The van der Waals surface area contributed by atoms with Crippen molar-refractivity contribution < 1.29 is 27.4 Å². The molecular weight excluding hydrogens is 372 g/mol. The van der Waals surface area contributed by atoms with Crippen molar-refractivity contribution >= 4 is 15.9 Å². The van der Waals surface area contributed by atoms with E-state index in [0.29, 0.717) is 57.1 Å². The Morgan fingerprint density at radius 3 is 2.67 bits per heavy atom. The highest BCUT2D eigenvalue weighted by Crippen LogP contribution is 2.33. The Labute approximate surface area is 160 Å². The fraction of sp³-hybridized carbons (Fsp3) is 0.611. The second-order valence-corrected chi connectivity index (χ2v) is 8.02. The van der Waals surface area contributed by atoms with Crippen molar-refractivity contribution in [2.75, 3.05) is 40.5 Å². The number of hydrogen-bond donors (Lipinski definition) is 1. The number of sulfonamides is 1. The van der Waals surface area contributed by atoms with Crippen LogP contribution in [0.5, 0.6) is 11.5 Å². The Hall–Kier alpha value is -1.84. The average Bonchev–Trinajstić information content (AvgIpc) is 3.18. The third-order valence-electron chi connectivity index (χ3n) is 4.44. The first kappa shape index (κ1) is 21.5. The third-order valence-corrected chi connectivity index (χ3v) is 6.34. The van der Waals surface area contributed by atoms with E-state index in [9.17, 15) is 13.2 Å². The van der Waals surface area contributed by atoms with Gasteiger partial charge in [-0.05, 0) is 38.3 Å². The predicted molar refractivity (Wildman–Crippen MR) is 101 cm³/mol. The standard InChI is InChI=1S/C18H28N2O6S/c1-4-26-12-6-10-19-18(21)15-7-5-11-20(15)27(22,23)14-8-9-16(24-2)17(13-14)25-3/h8-9,13,15H,4-7,10-12H2,1-3H3,(H,19,21). The Morgan fingerprint density at radius 1 is 1.26 bits per heavy atom. The van der Waals surface area contributed by atoms with E-state index in [1.54, 1.807) is 6.07 Å². The molecule has 0 aromatic heterocycles. The van der Waals surface area contributed by atoms with E-state index >= 15 is 0 Å². The molecule has 2 rings (SSSR count). The molecule has 27 heavy (non-hydrogen) atoms. The normalized spacial score (nSPS) is 17.7. The summed E-state index contributed by atoms with van der Waals surface area (Å²) in [5, 5.41) is 2.81. The van der Waals surface area contributed by atoms with E-state index in [0.717, 1.165) is 0 Å². The van der Waals surface area contributed by atoms with Gasteiger partial charge in [0.25, 0.3) is 0 Å². The van der Waals surface area contributed by atoms with Crippen LogP contribution in [0.25, 0.3) is 0 Å². The van der Waals surface area contributed by atoms with Crippen molar-refractivity contribution in [3.8, 4) is 11.5 Å². The summed E-state index contributed by atoms with van der Waals surface area (Å²) in [6.07, 6.45) is 1.84. The molecule has 1 atom stereocenters. The number of amides is 1. The number of nitrogens with one attached hydrogen (secondary N) is 1. The quantitative estimate of drug-likeness (QED) is 0.597. The van der Waals surface area contributed by atoms with Gasteiger partial charge in [0.05, 0.1) is 19.1 Å². The zero-order valence-electron chi connectivity index (χ0n) is 16.1. The van der Waals surface area contributed by atoms with Crippen LogP contribution in [0.1, 0.15) is 26.2 Å². The minimum absolute atomic E-state index is 0.0798. The maximum atomic E-state index is 13.1. The van der Waals surface area contributed by atoms with Crippen LogP contribution in [0.3, 0.4) is 0 Å². The molecule has 1 amide bonds. The van der Waals surface area contributed by atoms with Crippen molar-refractivity contribution in [2.24, 2.45) is 0 Å². The number of hydrogen-bond acceptors (Lipinski definition) is 6. The molecule has 1 fully saturated rings. The van der Waals surface area contributed by atoms with Gasteiger partial charge in [0.1, 0.15) is 6.04 Å². The van der Waals surface area contributed by atoms with Gasteiger partial charge in [0.15, 0.2) is 11.5 Å². The Morgan fingerprint density at radius 2 is 2.00 bits per heavy atom. The molecule has 0 radical (unpaired) electrons. The number of carbonyl (C=O) groups excluding carboxylic acids is 1. The van der Waals surface area contributed by atoms with Crippen LogP contribution >= 0.6 is 0 Å². The summed E-state index contributed by atoms with van der Waals surface area (Å²) in [7, 11) is -0.886. The lowest BCUT2D eigenvalue weighted by molar-refractivity contribution is -0.124. The zero-order chi connectivity index (χ0) is 19.9. The van der Waals surface area contributed by atoms with Gasteiger partial charge in [-0.3, -0.25) is 4.79 Å². The van der Waals surface area contributed by atoms with E-state index in [4.69, 9.17) is 14.2 Å². The molecule has 0 saturated carbocycles. The Kier molecular flexibility index (Phi) is 7.88. The number of carbonyl (C=O) groups is 1. The molecule has 0 bridgehead atoms. The molecular formula is C18H28N2O6S. The minimum Gasteiger partial charge on any atom is -0.493 e. The summed E-state index contributed by atoms with van der Waals surface area (Å²) in [6, 6.07) is 3.73. The first-order valence-electron chi connectivity index (χ1n) is 9.05. The van der Waals surface area contributed by atoms with Gasteiger partial charge in [-0.1, -0.05) is 0 Å². The molecule has 152 valence electrons. The van der Waals surface area contributed by atoms with Gasteiger partial charge in [0, 0.05) is 32.4 Å². The van der Waals surface area contributed by atoms with Crippen molar-refractivity contribution in [3.63, 3.8) is 0 Å². The molecule has 1 aliphatic rings. The summed E-state index contributed by atoms with van der Waals surface area (Å²) in [4.78, 5) is 12.6. The fourth-order valence-corrected chi connectivity index (χ4v) is 4.72. The molecule has 1 aliphatic heterocycles. The van der Waals surface area contributed by atoms with Crippen LogP contribution in [0.4, 0.5) is 0 Å². The van der Waals surface area contributed by atoms with Crippen LogP contribution in [0.2, 0.25) is 0 Å². The third kappa shape index (κ3) is 5.12. The molecule has 1 aromatic carbocycles. The van der Waals surface area contributed by atoms with Crippen molar-refractivity contribution in [1.82, 2.24) is 9.62 Å². The number of nitrogens with zero attached hydrogens (tertiary/aromatic N) is 1. The molecule has 8 nitrogen and oxygen atoms in total. The van der Waals surface area contributed by atoms with Gasteiger partial charge in [-0.25, -0.2) is 8.42 Å². The van der Waals surface area contributed by atoms with Gasteiger partial charge < -0.3 is 19.5 Å². The highest BCUT2D eigenvalue weighted by molar-refractivity contribution is 7.89. The van der Waals surface area contributed by atoms with Crippen LogP contribution in [-0.4, -0.2) is 65.2 Å². The molecule has 1 unspecified atom stereocenters. The molecule has 0 spiro atoms. The van der Waals surface area contributed by atoms with Crippen LogP contribution in [0, 0.1) is 0 Å². The SMILES string of the molecule is CCOCCCNC(=O)C1CCCN1S(=O)(=O)c1ccc(OC)c(OC)c1. The monoisotopic (exact) mass is 400 g/mol. The Bertz CT molecular complexity index is 737. The second kappa shape index (κ2) is 9.91. The minimum atomic E-state index is -3.82. The second-order valence-electron chi connectivity index (χ2n) is 6.13. The zero-order valence-corrected chi connectivity index (χ0v) is 16.9. The molecule has 1 heterocycles. The largest absolute Gasteiger partial charge is 0.493 e. The predicted octanol–water partition coefficient (Wildman–Crippen LogP) is 1.40. The molecule has 1 saturated heterocycles. The number of benzene rings is 1. The average molecular weight is 400 g/mol. The number of rotatable bonds is 10. The van der Waals surface area contributed by atoms with E-state index in [1.165, 1.54) is 30.7 Å². The lowest BCUT2D eigenvalue weighted by atomic mass is 10.2. The van der Waals surface area contributed by atoms with Gasteiger partial charge in [-0.2, -0.15) is 4.31 Å². The lowest BCUT2D eigenvalue weighted by Gasteiger charge is -2.24. The summed E-state index contributed by atoms with van der Waals surface area (Å²) in [5.74, 6) is 0.504. The maximum Gasteiger partial charge on any atom is 0.243 e. The summed E-state index contributed by atoms with van der Waals surface area (Å²) < 4.78 is 43.0. The van der Waals surface area contributed by atoms with E-state index in [1.807, 2.05) is 6.92 Å². The van der Waals surface area contributed by atoms with E-state index in [-0.39, 0.29) is 10.8 Å². The van der Waals surface area contributed by atoms with Gasteiger partial charge >= 0.3 is 0 Å². The first-order chi connectivity index (χ1) is 13.0. The van der Waals surface area contributed by atoms with Crippen LogP contribution in [0.15, 0.2) is 23.1 Å². The number of methoxy groups -OCH3 is 2. The van der Waals surface area contributed by atoms with Crippen LogP contribution in [-0.2, 0) is 19.6 Å². The molecule has 0 aliphatic carbocycles. The fourth-order valence-electron chi connectivity index (χ4n) is 3.05. The highest BCUT2D eigenvalue weighted by Gasteiger charge is 2.39.